The van der Waals surface area contributed by atoms with E-state index in [1.165, 1.54) is 0 Å². The average Bonchev–Trinajstić information content (AvgIpc) is 2.75. The fraction of sp³-hybridized carbons (Fsp3) is 0.348. The highest BCUT2D eigenvalue weighted by atomic mass is 16.5. The van der Waals surface area contributed by atoms with Crippen molar-refractivity contribution in [2.45, 2.75) is 39.5 Å². The van der Waals surface area contributed by atoms with E-state index in [4.69, 9.17) is 9.47 Å². The number of hydrogen-bond donors (Lipinski definition) is 2. The van der Waals surface area contributed by atoms with Gasteiger partial charge in [0.15, 0.2) is 0 Å². The van der Waals surface area contributed by atoms with Gasteiger partial charge in [-0.2, -0.15) is 0 Å². The summed E-state index contributed by atoms with van der Waals surface area (Å²) >= 11 is 0. The van der Waals surface area contributed by atoms with Crippen LogP contribution in [0, 0.1) is 5.92 Å². The van der Waals surface area contributed by atoms with Gasteiger partial charge in [0.2, 0.25) is 5.91 Å². The minimum atomic E-state index is -0.758. The molecule has 2 amide bonds. The minimum absolute atomic E-state index is 0.0234. The summed E-state index contributed by atoms with van der Waals surface area (Å²) in [4.78, 5) is 36.3. The number of carbonyl (C=O) groups is 3. The van der Waals surface area contributed by atoms with Crippen molar-refractivity contribution < 1.29 is 23.9 Å². The SMILES string of the molecule is CC(C)[C@H](NC(=O)CCNC(=O)OCc1ccccc1)C(=O)OCc1ccccc1. The summed E-state index contributed by atoms with van der Waals surface area (Å²) in [5.74, 6) is -0.979. The zero-order valence-corrected chi connectivity index (χ0v) is 17.3. The standard InChI is InChI=1S/C23H28N2O5/c1-17(2)21(22(27)29-15-18-9-5-3-6-10-18)25-20(26)13-14-24-23(28)30-16-19-11-7-4-8-12-19/h3-12,17,21H,13-16H2,1-2H3,(H,24,28)(H,25,26)/t21-/m0/s1. The molecule has 0 aromatic heterocycles. The molecule has 7 heteroatoms. The molecule has 0 heterocycles. The van der Waals surface area contributed by atoms with Gasteiger partial charge in [0.25, 0.3) is 0 Å². The van der Waals surface area contributed by atoms with Crippen molar-refractivity contribution in [3.05, 3.63) is 71.8 Å². The van der Waals surface area contributed by atoms with Crippen LogP contribution in [-0.2, 0) is 32.3 Å². The van der Waals surface area contributed by atoms with Crippen LogP contribution in [0.3, 0.4) is 0 Å². The molecule has 0 aliphatic heterocycles. The fourth-order valence-corrected chi connectivity index (χ4v) is 2.61. The second-order valence-electron chi connectivity index (χ2n) is 7.12. The van der Waals surface area contributed by atoms with E-state index in [2.05, 4.69) is 10.6 Å². The molecule has 2 aromatic rings. The molecule has 0 spiro atoms. The van der Waals surface area contributed by atoms with Crippen molar-refractivity contribution in [3.8, 4) is 0 Å². The van der Waals surface area contributed by atoms with Crippen molar-refractivity contribution in [2.75, 3.05) is 6.54 Å². The van der Waals surface area contributed by atoms with Crippen LogP contribution in [0.2, 0.25) is 0 Å². The molecule has 0 saturated carbocycles. The number of nitrogens with one attached hydrogen (secondary N) is 2. The smallest absolute Gasteiger partial charge is 0.407 e. The lowest BCUT2D eigenvalue weighted by atomic mass is 10.0. The van der Waals surface area contributed by atoms with Crippen LogP contribution < -0.4 is 10.6 Å². The third-order valence-electron chi connectivity index (χ3n) is 4.30. The Balaban J connectivity index is 1.69. The molecule has 0 radical (unpaired) electrons. The topological polar surface area (TPSA) is 93.7 Å². The van der Waals surface area contributed by atoms with Gasteiger partial charge in [0.05, 0.1) is 0 Å². The molecular formula is C23H28N2O5. The largest absolute Gasteiger partial charge is 0.459 e. The normalized spacial score (nSPS) is 11.4. The lowest BCUT2D eigenvalue weighted by Gasteiger charge is -2.21. The number of benzene rings is 2. The van der Waals surface area contributed by atoms with Crippen LogP contribution in [0.25, 0.3) is 0 Å². The zero-order chi connectivity index (χ0) is 21.8. The van der Waals surface area contributed by atoms with E-state index in [-0.39, 0.29) is 38.0 Å². The van der Waals surface area contributed by atoms with Crippen LogP contribution in [0.5, 0.6) is 0 Å². The summed E-state index contributed by atoms with van der Waals surface area (Å²) in [5, 5.41) is 5.20. The van der Waals surface area contributed by atoms with Crippen molar-refractivity contribution in [3.63, 3.8) is 0 Å². The predicted octanol–water partition coefficient (Wildman–Crippen LogP) is 3.19. The van der Waals surface area contributed by atoms with Crippen LogP contribution in [0.4, 0.5) is 4.79 Å². The lowest BCUT2D eigenvalue weighted by molar-refractivity contribution is -0.150. The average molecular weight is 412 g/mol. The van der Waals surface area contributed by atoms with E-state index in [1.54, 1.807) is 0 Å². The lowest BCUT2D eigenvalue weighted by Crippen LogP contribution is -2.46. The number of rotatable bonds is 10. The molecule has 2 rings (SSSR count). The van der Waals surface area contributed by atoms with Gasteiger partial charge in [-0.3, -0.25) is 4.79 Å². The highest BCUT2D eigenvalue weighted by Gasteiger charge is 2.25. The van der Waals surface area contributed by atoms with Crippen molar-refractivity contribution in [1.29, 1.82) is 0 Å². The molecule has 2 N–H and O–H groups in total. The summed E-state index contributed by atoms with van der Waals surface area (Å²) in [6, 6.07) is 17.9. The van der Waals surface area contributed by atoms with Crippen molar-refractivity contribution in [2.24, 2.45) is 5.92 Å². The number of carbonyl (C=O) groups excluding carboxylic acids is 3. The summed E-state index contributed by atoms with van der Waals surface area (Å²) in [6.07, 6.45) is -0.579. The van der Waals surface area contributed by atoms with E-state index in [0.29, 0.717) is 0 Å². The molecule has 0 fully saturated rings. The second-order valence-corrected chi connectivity index (χ2v) is 7.12. The summed E-state index contributed by atoms with van der Waals surface area (Å²) in [6.45, 7) is 4.06. The quantitative estimate of drug-likeness (QED) is 0.585. The van der Waals surface area contributed by atoms with E-state index in [0.717, 1.165) is 11.1 Å². The highest BCUT2D eigenvalue weighted by molar-refractivity contribution is 5.85. The second kappa shape index (κ2) is 12.3. The molecule has 2 aromatic carbocycles. The number of hydrogen-bond acceptors (Lipinski definition) is 5. The highest BCUT2D eigenvalue weighted by Crippen LogP contribution is 2.08. The van der Waals surface area contributed by atoms with Gasteiger partial charge in [0.1, 0.15) is 19.3 Å². The first-order valence-corrected chi connectivity index (χ1v) is 9.90. The Kier molecular flexibility index (Phi) is 9.37. The Morgan fingerprint density at radius 2 is 1.37 bits per heavy atom. The summed E-state index contributed by atoms with van der Waals surface area (Å²) in [5.41, 5.74) is 1.75. The molecular weight excluding hydrogens is 384 g/mol. The number of amides is 2. The minimum Gasteiger partial charge on any atom is -0.459 e. The molecule has 0 bridgehead atoms. The number of ether oxygens (including phenoxy) is 2. The Morgan fingerprint density at radius 1 is 0.833 bits per heavy atom. The summed E-state index contributed by atoms with van der Waals surface area (Å²) < 4.78 is 10.4. The summed E-state index contributed by atoms with van der Waals surface area (Å²) in [7, 11) is 0. The predicted molar refractivity (Wildman–Crippen MR) is 112 cm³/mol. The number of alkyl carbamates (subject to hydrolysis) is 1. The maximum absolute atomic E-state index is 12.4. The van der Waals surface area contributed by atoms with Gasteiger partial charge in [0, 0.05) is 13.0 Å². The molecule has 0 aliphatic rings. The third-order valence-corrected chi connectivity index (χ3v) is 4.30. The first-order chi connectivity index (χ1) is 14.5. The van der Waals surface area contributed by atoms with Gasteiger partial charge >= 0.3 is 12.1 Å². The first-order valence-electron chi connectivity index (χ1n) is 9.90. The van der Waals surface area contributed by atoms with Crippen LogP contribution >= 0.6 is 0 Å². The number of esters is 1. The van der Waals surface area contributed by atoms with E-state index in [1.807, 2.05) is 74.5 Å². The van der Waals surface area contributed by atoms with E-state index < -0.39 is 18.1 Å². The zero-order valence-electron chi connectivity index (χ0n) is 17.3. The van der Waals surface area contributed by atoms with Crippen LogP contribution in [0.15, 0.2) is 60.7 Å². The molecule has 7 nitrogen and oxygen atoms in total. The van der Waals surface area contributed by atoms with E-state index >= 15 is 0 Å². The molecule has 0 saturated heterocycles. The van der Waals surface area contributed by atoms with Gasteiger partial charge in [-0.15, -0.1) is 0 Å². The fourth-order valence-electron chi connectivity index (χ4n) is 2.61. The molecule has 1 atom stereocenters. The molecule has 0 unspecified atom stereocenters. The Morgan fingerprint density at radius 3 is 1.90 bits per heavy atom. The Bertz CT molecular complexity index is 809. The van der Waals surface area contributed by atoms with Crippen LogP contribution in [0.1, 0.15) is 31.4 Å². The Labute approximate surface area is 176 Å². The van der Waals surface area contributed by atoms with Crippen LogP contribution in [-0.4, -0.2) is 30.6 Å². The van der Waals surface area contributed by atoms with Crippen molar-refractivity contribution >= 4 is 18.0 Å². The maximum atomic E-state index is 12.4. The Hall–Kier alpha value is -3.35. The molecule has 0 aliphatic carbocycles. The third kappa shape index (κ3) is 8.34. The molecule has 30 heavy (non-hydrogen) atoms. The van der Waals surface area contributed by atoms with Crippen molar-refractivity contribution in [1.82, 2.24) is 10.6 Å². The van der Waals surface area contributed by atoms with Gasteiger partial charge in [-0.25, -0.2) is 9.59 Å². The van der Waals surface area contributed by atoms with E-state index in [9.17, 15) is 14.4 Å². The maximum Gasteiger partial charge on any atom is 0.407 e. The van der Waals surface area contributed by atoms with Gasteiger partial charge in [-0.05, 0) is 17.0 Å². The molecule has 160 valence electrons. The van der Waals surface area contributed by atoms with Gasteiger partial charge in [-0.1, -0.05) is 74.5 Å². The first kappa shape index (κ1) is 22.9. The monoisotopic (exact) mass is 412 g/mol. The van der Waals surface area contributed by atoms with Gasteiger partial charge < -0.3 is 20.1 Å².